The number of anilines is 1. The van der Waals surface area contributed by atoms with Gasteiger partial charge < -0.3 is 15.2 Å². The Morgan fingerprint density at radius 3 is 2.64 bits per heavy atom. The third kappa shape index (κ3) is 4.16. The standard InChI is InChI=1S/C21H19Cl2FN2O2/c1-3-27-17-7-5-4-6-14(17)13-10-18(21(25)26-11-13)28-12(2)19-15(22)8-9-16(24)20(19)23/h4-12H,3H2,1-2H3,(H2,25,26). The zero-order chi connectivity index (χ0) is 20.3. The van der Waals surface area contributed by atoms with Gasteiger partial charge in [-0.1, -0.05) is 41.4 Å². The topological polar surface area (TPSA) is 57.4 Å². The first-order chi connectivity index (χ1) is 13.4. The second-order valence-electron chi connectivity index (χ2n) is 6.05. The summed E-state index contributed by atoms with van der Waals surface area (Å²) in [5.74, 6) is 0.703. The van der Waals surface area contributed by atoms with Crippen molar-refractivity contribution < 1.29 is 13.9 Å². The van der Waals surface area contributed by atoms with Crippen LogP contribution < -0.4 is 15.2 Å². The van der Waals surface area contributed by atoms with E-state index in [4.69, 9.17) is 38.4 Å². The summed E-state index contributed by atoms with van der Waals surface area (Å²) in [6.07, 6.45) is 1.00. The molecule has 0 aliphatic heterocycles. The Balaban J connectivity index is 1.97. The molecule has 0 radical (unpaired) electrons. The highest BCUT2D eigenvalue weighted by Crippen LogP contribution is 2.38. The predicted molar refractivity (Wildman–Crippen MR) is 111 cm³/mol. The van der Waals surface area contributed by atoms with Crippen LogP contribution >= 0.6 is 23.2 Å². The van der Waals surface area contributed by atoms with E-state index in [1.54, 1.807) is 19.2 Å². The molecule has 0 aliphatic rings. The van der Waals surface area contributed by atoms with Gasteiger partial charge in [0.15, 0.2) is 11.6 Å². The van der Waals surface area contributed by atoms with Gasteiger partial charge in [0.05, 0.1) is 11.6 Å². The molecule has 1 unspecified atom stereocenters. The molecule has 3 rings (SSSR count). The highest BCUT2D eigenvalue weighted by atomic mass is 35.5. The van der Waals surface area contributed by atoms with E-state index < -0.39 is 11.9 Å². The van der Waals surface area contributed by atoms with Crippen LogP contribution in [0.4, 0.5) is 10.2 Å². The summed E-state index contributed by atoms with van der Waals surface area (Å²) in [5, 5.41) is 0.229. The van der Waals surface area contributed by atoms with Gasteiger partial charge in [-0.3, -0.25) is 0 Å². The third-order valence-corrected chi connectivity index (χ3v) is 4.88. The van der Waals surface area contributed by atoms with Crippen LogP contribution in [0, 0.1) is 5.82 Å². The van der Waals surface area contributed by atoms with Crippen molar-refractivity contribution in [2.75, 3.05) is 12.3 Å². The van der Waals surface area contributed by atoms with Gasteiger partial charge in [0.2, 0.25) is 0 Å². The molecular formula is C21H19Cl2FN2O2. The highest BCUT2D eigenvalue weighted by molar-refractivity contribution is 6.36. The molecule has 146 valence electrons. The Kier molecular flexibility index (Phi) is 6.27. The maximum absolute atomic E-state index is 13.8. The van der Waals surface area contributed by atoms with Gasteiger partial charge in [-0.25, -0.2) is 9.37 Å². The number of nitrogen functional groups attached to an aromatic ring is 1. The minimum Gasteiger partial charge on any atom is -0.493 e. The molecule has 28 heavy (non-hydrogen) atoms. The Morgan fingerprint density at radius 2 is 1.89 bits per heavy atom. The van der Waals surface area contributed by atoms with Crippen LogP contribution in [0.25, 0.3) is 11.1 Å². The lowest BCUT2D eigenvalue weighted by atomic mass is 10.1. The summed E-state index contributed by atoms with van der Waals surface area (Å²) in [6, 6.07) is 12.0. The van der Waals surface area contributed by atoms with Gasteiger partial charge in [0.25, 0.3) is 0 Å². The van der Waals surface area contributed by atoms with Crippen molar-refractivity contribution >= 4 is 29.0 Å². The van der Waals surface area contributed by atoms with Gasteiger partial charge in [-0.15, -0.1) is 0 Å². The second kappa shape index (κ2) is 8.67. The minimum absolute atomic E-state index is 0.0793. The quantitative estimate of drug-likeness (QED) is 0.474. The summed E-state index contributed by atoms with van der Waals surface area (Å²) in [6.45, 7) is 4.17. The molecule has 0 saturated heterocycles. The van der Waals surface area contributed by atoms with Gasteiger partial charge in [-0.2, -0.15) is 0 Å². The number of aromatic nitrogens is 1. The lowest BCUT2D eigenvalue weighted by Crippen LogP contribution is -2.08. The number of ether oxygens (including phenoxy) is 2. The SMILES string of the molecule is CCOc1ccccc1-c1cnc(N)c(OC(C)c2c(Cl)ccc(F)c2Cl)c1. The number of rotatable bonds is 6. The van der Waals surface area contributed by atoms with Crippen LogP contribution in [0.5, 0.6) is 11.5 Å². The first-order valence-corrected chi connectivity index (χ1v) is 9.45. The molecule has 0 bridgehead atoms. The summed E-state index contributed by atoms with van der Waals surface area (Å²) in [4.78, 5) is 4.22. The molecule has 0 spiro atoms. The molecule has 1 aromatic heterocycles. The number of halogens is 3. The van der Waals surface area contributed by atoms with E-state index in [9.17, 15) is 4.39 Å². The number of para-hydroxylation sites is 1. The highest BCUT2D eigenvalue weighted by Gasteiger charge is 2.20. The number of benzene rings is 2. The number of pyridine rings is 1. The fraction of sp³-hybridized carbons (Fsp3) is 0.190. The molecule has 0 fully saturated rings. The third-order valence-electron chi connectivity index (χ3n) is 4.17. The van der Waals surface area contributed by atoms with Gasteiger partial charge in [0, 0.05) is 27.9 Å². The largest absolute Gasteiger partial charge is 0.493 e. The molecule has 3 aromatic rings. The van der Waals surface area contributed by atoms with Crippen LogP contribution in [0.2, 0.25) is 10.0 Å². The van der Waals surface area contributed by atoms with Crippen molar-refractivity contribution in [2.45, 2.75) is 20.0 Å². The fourth-order valence-electron chi connectivity index (χ4n) is 2.85. The van der Waals surface area contributed by atoms with E-state index in [-0.39, 0.29) is 10.8 Å². The summed E-state index contributed by atoms with van der Waals surface area (Å²) in [7, 11) is 0. The summed E-state index contributed by atoms with van der Waals surface area (Å²) in [5.41, 5.74) is 7.97. The van der Waals surface area contributed by atoms with E-state index >= 15 is 0 Å². The normalized spacial score (nSPS) is 11.9. The Morgan fingerprint density at radius 1 is 1.14 bits per heavy atom. The lowest BCUT2D eigenvalue weighted by Gasteiger charge is -2.19. The van der Waals surface area contributed by atoms with Crippen LogP contribution in [-0.2, 0) is 0 Å². The Labute approximate surface area is 173 Å². The molecular weight excluding hydrogens is 402 g/mol. The molecule has 4 nitrogen and oxygen atoms in total. The molecule has 0 amide bonds. The molecule has 0 saturated carbocycles. The van der Waals surface area contributed by atoms with E-state index in [2.05, 4.69) is 4.98 Å². The maximum Gasteiger partial charge on any atom is 0.166 e. The molecule has 7 heteroatoms. The minimum atomic E-state index is -0.641. The average molecular weight is 421 g/mol. The van der Waals surface area contributed by atoms with E-state index in [0.717, 1.165) is 16.9 Å². The Bertz CT molecular complexity index is 998. The van der Waals surface area contributed by atoms with Crippen molar-refractivity contribution in [3.63, 3.8) is 0 Å². The van der Waals surface area contributed by atoms with Crippen molar-refractivity contribution in [3.8, 4) is 22.6 Å². The fourth-order valence-corrected chi connectivity index (χ4v) is 3.53. The number of hydrogen-bond acceptors (Lipinski definition) is 4. The zero-order valence-corrected chi connectivity index (χ0v) is 16.9. The molecule has 2 N–H and O–H groups in total. The lowest BCUT2D eigenvalue weighted by molar-refractivity contribution is 0.227. The van der Waals surface area contributed by atoms with E-state index in [1.165, 1.54) is 12.1 Å². The molecule has 1 heterocycles. The Hall–Kier alpha value is -2.50. The first-order valence-electron chi connectivity index (χ1n) is 8.70. The van der Waals surface area contributed by atoms with Gasteiger partial charge >= 0.3 is 0 Å². The second-order valence-corrected chi connectivity index (χ2v) is 6.84. The summed E-state index contributed by atoms with van der Waals surface area (Å²) < 4.78 is 25.5. The van der Waals surface area contributed by atoms with Crippen molar-refractivity contribution in [2.24, 2.45) is 0 Å². The van der Waals surface area contributed by atoms with Crippen LogP contribution in [0.3, 0.4) is 0 Å². The zero-order valence-electron chi connectivity index (χ0n) is 15.4. The van der Waals surface area contributed by atoms with E-state index in [0.29, 0.717) is 22.9 Å². The van der Waals surface area contributed by atoms with Crippen LogP contribution in [0.1, 0.15) is 25.5 Å². The van der Waals surface area contributed by atoms with Crippen molar-refractivity contribution in [3.05, 3.63) is 70.1 Å². The average Bonchev–Trinajstić information content (AvgIpc) is 2.68. The van der Waals surface area contributed by atoms with Crippen LogP contribution in [-0.4, -0.2) is 11.6 Å². The van der Waals surface area contributed by atoms with E-state index in [1.807, 2.05) is 31.2 Å². The summed E-state index contributed by atoms with van der Waals surface area (Å²) >= 11 is 12.3. The number of nitrogens with two attached hydrogens (primary N) is 1. The monoisotopic (exact) mass is 420 g/mol. The van der Waals surface area contributed by atoms with Gasteiger partial charge in [0.1, 0.15) is 17.7 Å². The van der Waals surface area contributed by atoms with Gasteiger partial charge in [-0.05, 0) is 38.1 Å². The molecule has 2 aromatic carbocycles. The first kappa shape index (κ1) is 20.2. The van der Waals surface area contributed by atoms with Crippen LogP contribution in [0.15, 0.2) is 48.7 Å². The smallest absolute Gasteiger partial charge is 0.166 e. The van der Waals surface area contributed by atoms with Crippen molar-refractivity contribution in [1.29, 1.82) is 0 Å². The molecule has 0 aliphatic carbocycles. The predicted octanol–water partition coefficient (Wildman–Crippen LogP) is 6.32. The number of hydrogen-bond donors (Lipinski definition) is 1. The van der Waals surface area contributed by atoms with Crippen molar-refractivity contribution in [1.82, 2.24) is 4.98 Å². The molecule has 1 atom stereocenters. The maximum atomic E-state index is 13.8. The number of nitrogens with zero attached hydrogens (tertiary/aromatic N) is 1.